The van der Waals surface area contributed by atoms with Crippen LogP contribution in [0.1, 0.15) is 25.3 Å². The van der Waals surface area contributed by atoms with E-state index in [1.807, 2.05) is 9.80 Å². The van der Waals surface area contributed by atoms with Gasteiger partial charge in [-0.1, -0.05) is 18.2 Å². The number of hydrogen-bond donors (Lipinski definition) is 1. The Kier molecular flexibility index (Phi) is 5.35. The van der Waals surface area contributed by atoms with Gasteiger partial charge >= 0.3 is 0 Å². The molecule has 2 aromatic carbocycles. The molecule has 4 aromatic rings. The van der Waals surface area contributed by atoms with E-state index in [-0.39, 0.29) is 32.7 Å². The van der Waals surface area contributed by atoms with E-state index in [1.165, 1.54) is 12.1 Å². The van der Waals surface area contributed by atoms with Gasteiger partial charge in [-0.2, -0.15) is 12.5 Å². The normalized spacial score (nSPS) is 17.4. The fourth-order valence-electron chi connectivity index (χ4n) is 5.02. The SMILES string of the molecule is CC(F)(F)c1ccc(S(=O)(=O)n2nc(N3CCN(c4ncc(F)cn4)CC34CC4)c3c(O)cccc32)cc1. The Balaban J connectivity index is 1.40. The van der Waals surface area contributed by atoms with Crippen molar-refractivity contribution in [3.8, 4) is 5.75 Å². The van der Waals surface area contributed by atoms with Gasteiger partial charge < -0.3 is 14.9 Å². The maximum absolute atomic E-state index is 13.7. The minimum atomic E-state index is -4.28. The molecule has 0 bridgehead atoms. The molecule has 0 atom stereocenters. The van der Waals surface area contributed by atoms with Gasteiger partial charge in [0.2, 0.25) is 5.95 Å². The Hall–Kier alpha value is -3.87. The lowest BCUT2D eigenvalue weighted by Crippen LogP contribution is -2.56. The van der Waals surface area contributed by atoms with E-state index in [4.69, 9.17) is 0 Å². The fraction of sp³-hybridized carbons (Fsp3) is 0.320. The Bertz CT molecular complexity index is 1630. The molecule has 1 spiro atoms. The summed E-state index contributed by atoms with van der Waals surface area (Å²) >= 11 is 0. The van der Waals surface area contributed by atoms with E-state index < -0.39 is 21.8 Å². The second-order valence-corrected chi connectivity index (χ2v) is 11.5. The summed E-state index contributed by atoms with van der Waals surface area (Å²) in [6.45, 7) is 2.15. The van der Waals surface area contributed by atoms with Crippen molar-refractivity contribution in [3.63, 3.8) is 0 Å². The number of benzene rings is 2. The predicted molar refractivity (Wildman–Crippen MR) is 134 cm³/mol. The molecular formula is C25H23F3N6O3S. The van der Waals surface area contributed by atoms with Crippen molar-refractivity contribution in [2.75, 3.05) is 29.4 Å². The van der Waals surface area contributed by atoms with Gasteiger partial charge in [0.25, 0.3) is 15.9 Å². The maximum atomic E-state index is 13.7. The molecule has 2 aromatic heterocycles. The molecule has 1 saturated heterocycles. The molecule has 38 heavy (non-hydrogen) atoms. The van der Waals surface area contributed by atoms with Crippen LogP contribution < -0.4 is 9.80 Å². The zero-order valence-electron chi connectivity index (χ0n) is 20.2. The lowest BCUT2D eigenvalue weighted by molar-refractivity contribution is 0.0174. The maximum Gasteiger partial charge on any atom is 0.283 e. The van der Waals surface area contributed by atoms with E-state index in [1.54, 1.807) is 6.07 Å². The summed E-state index contributed by atoms with van der Waals surface area (Å²) in [4.78, 5) is 11.9. The highest BCUT2D eigenvalue weighted by Gasteiger charge is 2.53. The van der Waals surface area contributed by atoms with Crippen molar-refractivity contribution in [2.24, 2.45) is 0 Å². The lowest BCUT2D eigenvalue weighted by Gasteiger charge is -2.42. The van der Waals surface area contributed by atoms with Crippen LogP contribution in [0.25, 0.3) is 10.9 Å². The minimum absolute atomic E-state index is 0.125. The predicted octanol–water partition coefficient (Wildman–Crippen LogP) is 3.88. The Morgan fingerprint density at radius 1 is 1.03 bits per heavy atom. The first kappa shape index (κ1) is 24.5. The Morgan fingerprint density at radius 3 is 2.34 bits per heavy atom. The summed E-state index contributed by atoms with van der Waals surface area (Å²) in [5.41, 5.74) is -0.522. The van der Waals surface area contributed by atoms with Crippen LogP contribution in [0.5, 0.6) is 5.75 Å². The molecule has 0 amide bonds. The average molecular weight is 545 g/mol. The number of hydrogen-bond acceptors (Lipinski definition) is 8. The number of aromatic hydroxyl groups is 1. The summed E-state index contributed by atoms with van der Waals surface area (Å²) in [5.74, 6) is -3.05. The summed E-state index contributed by atoms with van der Waals surface area (Å²) < 4.78 is 68.7. The first-order valence-corrected chi connectivity index (χ1v) is 13.4. The van der Waals surface area contributed by atoms with Gasteiger partial charge in [-0.15, -0.1) is 5.10 Å². The molecule has 6 rings (SSSR count). The third-order valence-corrected chi connectivity index (χ3v) is 8.75. The number of nitrogens with zero attached hydrogens (tertiary/aromatic N) is 6. The molecular weight excluding hydrogens is 521 g/mol. The van der Waals surface area contributed by atoms with Gasteiger partial charge in [0.15, 0.2) is 11.6 Å². The van der Waals surface area contributed by atoms with Crippen LogP contribution in [0.3, 0.4) is 0 Å². The quantitative estimate of drug-likeness (QED) is 0.404. The number of fused-ring (bicyclic) bond motifs is 1. The van der Waals surface area contributed by atoms with E-state index in [2.05, 4.69) is 15.1 Å². The van der Waals surface area contributed by atoms with Gasteiger partial charge in [-0.25, -0.2) is 23.1 Å². The molecule has 1 aliphatic heterocycles. The van der Waals surface area contributed by atoms with Gasteiger partial charge in [-0.05, 0) is 37.1 Å². The molecule has 2 fully saturated rings. The summed E-state index contributed by atoms with van der Waals surface area (Å²) in [6, 6.07) is 8.93. The molecule has 0 unspecified atom stereocenters. The molecule has 13 heteroatoms. The highest BCUT2D eigenvalue weighted by molar-refractivity contribution is 7.90. The van der Waals surface area contributed by atoms with Crippen molar-refractivity contribution in [1.29, 1.82) is 0 Å². The van der Waals surface area contributed by atoms with Crippen LogP contribution >= 0.6 is 0 Å². The van der Waals surface area contributed by atoms with Crippen LogP contribution in [0.4, 0.5) is 24.9 Å². The van der Waals surface area contributed by atoms with Gasteiger partial charge in [0.1, 0.15) is 5.75 Å². The number of alkyl halides is 2. The van der Waals surface area contributed by atoms with Crippen LogP contribution in [0.2, 0.25) is 0 Å². The number of halogens is 3. The number of phenols is 1. The molecule has 0 radical (unpaired) electrons. The highest BCUT2D eigenvalue weighted by atomic mass is 32.2. The van der Waals surface area contributed by atoms with Crippen LogP contribution in [0, 0.1) is 5.82 Å². The van der Waals surface area contributed by atoms with E-state index in [0.717, 1.165) is 60.5 Å². The van der Waals surface area contributed by atoms with Crippen molar-refractivity contribution < 1.29 is 26.7 Å². The topological polar surface area (TPSA) is 104 Å². The smallest absolute Gasteiger partial charge is 0.283 e. The zero-order chi connectivity index (χ0) is 26.9. The highest BCUT2D eigenvalue weighted by Crippen LogP contribution is 2.49. The largest absolute Gasteiger partial charge is 0.507 e. The standard InChI is InChI=1S/C25H23F3N6O3S/c1-24(27,28)16-5-7-18(8-6-16)38(36,37)34-19-3-2-4-20(35)21(19)22(31-34)33-12-11-32(15-25(33)9-10-25)23-29-13-17(26)14-30-23/h2-8,13-14,35H,9-12,15H2,1H3. The Labute approximate surface area is 216 Å². The lowest BCUT2D eigenvalue weighted by atomic mass is 10.1. The number of aromatic nitrogens is 4. The summed E-state index contributed by atoms with van der Waals surface area (Å²) in [7, 11) is -4.28. The number of piperazine rings is 1. The molecule has 1 aliphatic carbocycles. The van der Waals surface area contributed by atoms with Crippen LogP contribution in [-0.2, 0) is 15.9 Å². The van der Waals surface area contributed by atoms with Crippen LogP contribution in [0.15, 0.2) is 59.8 Å². The fourth-order valence-corrected chi connectivity index (χ4v) is 6.29. The van der Waals surface area contributed by atoms with Crippen molar-refractivity contribution in [3.05, 3.63) is 66.2 Å². The van der Waals surface area contributed by atoms with Gasteiger partial charge in [0.05, 0.1) is 33.7 Å². The number of phenolic OH excluding ortho intramolecular Hbond substituents is 1. The molecule has 9 nitrogen and oxygen atoms in total. The first-order chi connectivity index (χ1) is 18.0. The van der Waals surface area contributed by atoms with Crippen LogP contribution in [-0.4, -0.2) is 57.9 Å². The second-order valence-electron chi connectivity index (χ2n) is 9.75. The third kappa shape index (κ3) is 3.92. The van der Waals surface area contributed by atoms with E-state index in [9.17, 15) is 26.7 Å². The minimum Gasteiger partial charge on any atom is -0.507 e. The van der Waals surface area contributed by atoms with Crippen molar-refractivity contribution in [2.45, 2.75) is 36.1 Å². The molecule has 1 saturated carbocycles. The first-order valence-electron chi connectivity index (χ1n) is 11.9. The zero-order valence-corrected chi connectivity index (χ0v) is 21.0. The summed E-state index contributed by atoms with van der Waals surface area (Å²) in [6.07, 6.45) is 3.82. The van der Waals surface area contributed by atoms with Crippen molar-refractivity contribution in [1.82, 2.24) is 19.2 Å². The molecule has 2 aliphatic rings. The number of rotatable bonds is 5. The molecule has 1 N–H and O–H groups in total. The summed E-state index contributed by atoms with van der Waals surface area (Å²) in [5, 5.41) is 15.5. The van der Waals surface area contributed by atoms with Gasteiger partial charge in [-0.3, -0.25) is 0 Å². The van der Waals surface area contributed by atoms with E-state index in [0.29, 0.717) is 31.4 Å². The third-order valence-electron chi connectivity index (χ3n) is 7.15. The molecule has 3 heterocycles. The van der Waals surface area contributed by atoms with E-state index >= 15 is 0 Å². The number of anilines is 2. The molecule has 198 valence electrons. The monoisotopic (exact) mass is 544 g/mol. The second kappa shape index (κ2) is 8.32. The van der Waals surface area contributed by atoms with Crippen molar-refractivity contribution >= 4 is 32.7 Å². The average Bonchev–Trinajstić information content (AvgIpc) is 3.52. The van der Waals surface area contributed by atoms with Gasteiger partial charge in [0, 0.05) is 32.1 Å². The Morgan fingerprint density at radius 2 is 1.71 bits per heavy atom.